The largest absolute Gasteiger partial charge is 0.382 e. The van der Waals surface area contributed by atoms with Gasteiger partial charge in [-0.05, 0) is 44.1 Å². The molecular formula is C18H20F2N6S. The number of benzene rings is 1. The van der Waals surface area contributed by atoms with E-state index in [0.29, 0.717) is 15.9 Å². The van der Waals surface area contributed by atoms with Gasteiger partial charge in [-0.15, -0.1) is 0 Å². The van der Waals surface area contributed by atoms with Crippen LogP contribution in [0.1, 0.15) is 19.3 Å². The van der Waals surface area contributed by atoms with E-state index >= 15 is 0 Å². The number of rotatable bonds is 5. The summed E-state index contributed by atoms with van der Waals surface area (Å²) >= 11 is 1.40. The van der Waals surface area contributed by atoms with E-state index in [1.54, 1.807) is 0 Å². The molecule has 0 amide bonds. The van der Waals surface area contributed by atoms with Gasteiger partial charge in [-0.3, -0.25) is 0 Å². The molecule has 0 bridgehead atoms. The first-order valence-electron chi connectivity index (χ1n) is 8.96. The van der Waals surface area contributed by atoms with Crippen LogP contribution in [0.2, 0.25) is 0 Å². The Morgan fingerprint density at radius 1 is 1.07 bits per heavy atom. The van der Waals surface area contributed by atoms with Crippen LogP contribution in [0, 0.1) is 11.6 Å². The lowest BCUT2D eigenvalue weighted by Gasteiger charge is -2.26. The smallest absolute Gasteiger partial charge is 0.185 e. The van der Waals surface area contributed by atoms with Crippen molar-refractivity contribution in [2.24, 2.45) is 0 Å². The SMILES string of the molecule is Nc1nc(-c2ccc(F)c(F)c2)nc2nc(NCCN3CCCCC3)sc12. The highest BCUT2D eigenvalue weighted by molar-refractivity contribution is 7.22. The number of anilines is 2. The van der Waals surface area contributed by atoms with Crippen LogP contribution in [0.4, 0.5) is 19.7 Å². The number of aromatic nitrogens is 3. The van der Waals surface area contributed by atoms with E-state index in [1.807, 2.05) is 0 Å². The highest BCUT2D eigenvalue weighted by Gasteiger charge is 2.15. The maximum Gasteiger partial charge on any atom is 0.185 e. The van der Waals surface area contributed by atoms with Gasteiger partial charge >= 0.3 is 0 Å². The molecule has 2 aromatic heterocycles. The lowest BCUT2D eigenvalue weighted by atomic mass is 10.1. The van der Waals surface area contributed by atoms with Crippen molar-refractivity contribution in [2.75, 3.05) is 37.2 Å². The van der Waals surface area contributed by atoms with Crippen LogP contribution in [0.15, 0.2) is 18.2 Å². The molecule has 0 spiro atoms. The second kappa shape index (κ2) is 7.69. The zero-order chi connectivity index (χ0) is 18.8. The summed E-state index contributed by atoms with van der Waals surface area (Å²) in [5, 5.41) is 4.04. The third-order valence-electron chi connectivity index (χ3n) is 4.61. The predicted molar refractivity (Wildman–Crippen MR) is 104 cm³/mol. The molecule has 9 heteroatoms. The summed E-state index contributed by atoms with van der Waals surface area (Å²) in [6.07, 6.45) is 3.85. The number of nitrogens with two attached hydrogens (primary N) is 1. The predicted octanol–water partition coefficient (Wildman–Crippen LogP) is 3.51. The summed E-state index contributed by atoms with van der Waals surface area (Å²) in [5.74, 6) is -1.36. The van der Waals surface area contributed by atoms with E-state index < -0.39 is 11.6 Å². The van der Waals surface area contributed by atoms with Crippen molar-refractivity contribution in [3.63, 3.8) is 0 Å². The van der Waals surface area contributed by atoms with Gasteiger partial charge in [-0.25, -0.2) is 18.7 Å². The van der Waals surface area contributed by atoms with Crippen molar-refractivity contribution in [2.45, 2.75) is 19.3 Å². The van der Waals surface area contributed by atoms with Gasteiger partial charge in [0.15, 0.2) is 28.2 Å². The number of nitrogen functional groups attached to an aromatic ring is 1. The first kappa shape index (κ1) is 18.0. The molecule has 27 heavy (non-hydrogen) atoms. The second-order valence-electron chi connectivity index (χ2n) is 6.56. The molecule has 1 aliphatic rings. The number of piperidine rings is 1. The van der Waals surface area contributed by atoms with E-state index in [-0.39, 0.29) is 11.6 Å². The number of thiazole rings is 1. The van der Waals surface area contributed by atoms with Crippen molar-refractivity contribution in [3.05, 3.63) is 29.8 Å². The topological polar surface area (TPSA) is 80.0 Å². The summed E-state index contributed by atoms with van der Waals surface area (Å²) in [7, 11) is 0. The minimum atomic E-state index is -0.951. The number of fused-ring (bicyclic) bond motifs is 1. The van der Waals surface area contributed by atoms with Crippen LogP contribution in [0.3, 0.4) is 0 Å². The summed E-state index contributed by atoms with van der Waals surface area (Å²) in [5.41, 5.74) is 6.84. The minimum Gasteiger partial charge on any atom is -0.382 e. The lowest BCUT2D eigenvalue weighted by molar-refractivity contribution is 0.237. The van der Waals surface area contributed by atoms with Crippen LogP contribution >= 0.6 is 11.3 Å². The van der Waals surface area contributed by atoms with Gasteiger partial charge in [-0.1, -0.05) is 17.8 Å². The fourth-order valence-corrected chi connectivity index (χ4v) is 4.02. The van der Waals surface area contributed by atoms with Gasteiger partial charge in [0.05, 0.1) is 0 Å². The van der Waals surface area contributed by atoms with Crippen LogP contribution in [-0.2, 0) is 0 Å². The number of hydrogen-bond donors (Lipinski definition) is 2. The van der Waals surface area contributed by atoms with E-state index in [0.717, 1.165) is 43.4 Å². The molecule has 0 aliphatic carbocycles. The molecule has 4 rings (SSSR count). The molecule has 1 aliphatic heterocycles. The summed E-state index contributed by atoms with van der Waals surface area (Å²) in [4.78, 5) is 15.5. The first-order valence-corrected chi connectivity index (χ1v) is 9.77. The second-order valence-corrected chi connectivity index (χ2v) is 7.56. The maximum atomic E-state index is 13.5. The molecule has 1 fully saturated rings. The van der Waals surface area contributed by atoms with Crippen LogP contribution in [0.5, 0.6) is 0 Å². The molecule has 0 atom stereocenters. The highest BCUT2D eigenvalue weighted by atomic mass is 32.1. The summed E-state index contributed by atoms with van der Waals surface area (Å²) < 4.78 is 27.3. The molecule has 1 saturated heterocycles. The first-order chi connectivity index (χ1) is 13.1. The summed E-state index contributed by atoms with van der Waals surface area (Å²) in [6, 6.07) is 3.52. The molecule has 142 valence electrons. The number of likely N-dealkylation sites (tertiary alicyclic amines) is 1. The third kappa shape index (κ3) is 3.98. The van der Waals surface area contributed by atoms with Crippen LogP contribution in [-0.4, -0.2) is 46.0 Å². The Labute approximate surface area is 159 Å². The molecule has 3 heterocycles. The number of nitrogens with zero attached hydrogens (tertiary/aromatic N) is 4. The molecule has 3 N–H and O–H groups in total. The van der Waals surface area contributed by atoms with Gasteiger partial charge in [0.25, 0.3) is 0 Å². The van der Waals surface area contributed by atoms with Crippen molar-refractivity contribution in [1.82, 2.24) is 19.9 Å². The van der Waals surface area contributed by atoms with Crippen molar-refractivity contribution in [1.29, 1.82) is 0 Å². The average molecular weight is 390 g/mol. The fraction of sp³-hybridized carbons (Fsp3) is 0.389. The van der Waals surface area contributed by atoms with Gasteiger partial charge in [0, 0.05) is 18.7 Å². The molecule has 3 aromatic rings. The third-order valence-corrected chi connectivity index (χ3v) is 5.64. The van der Waals surface area contributed by atoms with Crippen LogP contribution in [0.25, 0.3) is 21.7 Å². The van der Waals surface area contributed by atoms with Gasteiger partial charge in [-0.2, -0.15) is 4.98 Å². The molecule has 0 radical (unpaired) electrons. The monoisotopic (exact) mass is 390 g/mol. The van der Waals surface area contributed by atoms with E-state index in [2.05, 4.69) is 25.2 Å². The molecule has 6 nitrogen and oxygen atoms in total. The lowest BCUT2D eigenvalue weighted by Crippen LogP contribution is -2.33. The Bertz CT molecular complexity index is 954. The van der Waals surface area contributed by atoms with Crippen molar-refractivity contribution in [3.8, 4) is 11.4 Å². The maximum absolute atomic E-state index is 13.5. The zero-order valence-electron chi connectivity index (χ0n) is 14.7. The molecule has 0 unspecified atom stereocenters. The summed E-state index contributed by atoms with van der Waals surface area (Å²) in [6.45, 7) is 4.06. The quantitative estimate of drug-likeness (QED) is 0.694. The Balaban J connectivity index is 1.51. The molecular weight excluding hydrogens is 370 g/mol. The Hall–Kier alpha value is -2.39. The number of hydrogen-bond acceptors (Lipinski definition) is 7. The highest BCUT2D eigenvalue weighted by Crippen LogP contribution is 2.30. The minimum absolute atomic E-state index is 0.226. The van der Waals surface area contributed by atoms with Gasteiger partial charge in [0.1, 0.15) is 10.5 Å². The molecule has 1 aromatic carbocycles. The van der Waals surface area contributed by atoms with E-state index in [9.17, 15) is 8.78 Å². The van der Waals surface area contributed by atoms with Crippen molar-refractivity contribution < 1.29 is 8.78 Å². The van der Waals surface area contributed by atoms with Crippen LogP contribution < -0.4 is 11.1 Å². The average Bonchev–Trinajstić information content (AvgIpc) is 3.08. The standard InChI is InChI=1S/C18H20F2N6S/c19-12-5-4-11(10-13(12)20)16-23-15(21)14-17(24-16)25-18(27-14)22-6-9-26-7-2-1-3-8-26/h4-5,10H,1-3,6-9H2,(H3,21,22,23,24,25). The Morgan fingerprint density at radius 3 is 2.67 bits per heavy atom. The Kier molecular flexibility index (Phi) is 5.13. The van der Waals surface area contributed by atoms with Gasteiger partial charge < -0.3 is 16.0 Å². The van der Waals surface area contributed by atoms with Crippen molar-refractivity contribution >= 4 is 32.6 Å². The Morgan fingerprint density at radius 2 is 1.89 bits per heavy atom. The van der Waals surface area contributed by atoms with E-state index in [4.69, 9.17) is 5.73 Å². The molecule has 0 saturated carbocycles. The van der Waals surface area contributed by atoms with Gasteiger partial charge in [0.2, 0.25) is 0 Å². The number of halogens is 2. The number of nitrogens with one attached hydrogen (secondary N) is 1. The zero-order valence-corrected chi connectivity index (χ0v) is 15.5. The fourth-order valence-electron chi connectivity index (χ4n) is 3.19. The normalized spacial score (nSPS) is 15.3. The van der Waals surface area contributed by atoms with E-state index in [1.165, 1.54) is 36.7 Å².